The average Bonchev–Trinajstić information content (AvgIpc) is 4.03. The fraction of sp³-hybridized carbons (Fsp3) is 0.659. The molecule has 19 nitrogen and oxygen atoms in total. The number of piperazine rings is 1. The van der Waals surface area contributed by atoms with Crippen LogP contribution >= 0.6 is 22.9 Å². The number of hydrogen-bond donors (Lipinski definition) is 5. The highest BCUT2D eigenvalue weighted by Gasteiger charge is 2.53. The molecule has 2 aliphatic carbocycles. The third kappa shape index (κ3) is 16.3. The number of ether oxygens (including phenoxy) is 7. The summed E-state index contributed by atoms with van der Waals surface area (Å²) >= 11 is 7.52. The van der Waals surface area contributed by atoms with E-state index in [1.807, 2.05) is 32.0 Å². The minimum atomic E-state index is -0.794. The summed E-state index contributed by atoms with van der Waals surface area (Å²) < 4.78 is 39.1. The molecule has 2 bridgehead atoms. The van der Waals surface area contributed by atoms with Crippen molar-refractivity contribution in [3.8, 4) is 0 Å². The largest absolute Gasteiger partial charge is 0.390 e. The Morgan fingerprint density at radius 1 is 0.785 bits per heavy atom. The van der Waals surface area contributed by atoms with Crippen LogP contribution in [-0.4, -0.2) is 186 Å². The molecule has 2 amide bonds. The molecular weight excluding hydrogens is 884 g/mol. The number of aliphatic hydroxyl groups is 2. The van der Waals surface area contributed by atoms with Gasteiger partial charge in [0.25, 0.3) is 5.91 Å². The first-order valence-corrected chi connectivity index (χ1v) is 23.7. The lowest BCUT2D eigenvalue weighted by Crippen LogP contribution is -2.47. The molecule has 2 saturated carbocycles. The van der Waals surface area contributed by atoms with Gasteiger partial charge in [-0.05, 0) is 50.2 Å². The van der Waals surface area contributed by atoms with Crippen LogP contribution in [0.5, 0.6) is 0 Å². The van der Waals surface area contributed by atoms with Crippen molar-refractivity contribution in [1.82, 2.24) is 25.2 Å². The Bertz CT molecular complexity index is 1890. The zero-order valence-electron chi connectivity index (χ0n) is 37.4. The quantitative estimate of drug-likeness (QED) is 0.0607. The van der Waals surface area contributed by atoms with Crippen molar-refractivity contribution in [2.24, 2.45) is 17.8 Å². The van der Waals surface area contributed by atoms with Gasteiger partial charge < -0.3 is 64.2 Å². The summed E-state index contributed by atoms with van der Waals surface area (Å²) in [5, 5.41) is 30.0. The van der Waals surface area contributed by atoms with Crippen molar-refractivity contribution >= 4 is 57.2 Å². The highest BCUT2D eigenvalue weighted by Crippen LogP contribution is 2.48. The van der Waals surface area contributed by atoms with Crippen molar-refractivity contribution < 1.29 is 53.0 Å². The van der Waals surface area contributed by atoms with Gasteiger partial charge in [-0.15, -0.1) is 0 Å². The van der Waals surface area contributed by atoms with E-state index in [-0.39, 0.29) is 29.6 Å². The van der Waals surface area contributed by atoms with E-state index >= 15 is 0 Å². The first kappa shape index (κ1) is 50.8. The van der Waals surface area contributed by atoms with Crippen LogP contribution in [-0.2, 0) is 38.0 Å². The summed E-state index contributed by atoms with van der Waals surface area (Å²) in [7, 11) is 0. The fourth-order valence-corrected chi connectivity index (χ4v) is 9.07. The number of fused-ring (bicyclic) bond motifs is 2. The number of hydrogen-bond acceptors (Lipinski definition) is 18. The molecular formula is C44H65ClN8O11S. The van der Waals surface area contributed by atoms with Crippen LogP contribution in [0.15, 0.2) is 30.5 Å². The van der Waals surface area contributed by atoms with Crippen LogP contribution in [0.4, 0.5) is 22.5 Å². The van der Waals surface area contributed by atoms with Crippen molar-refractivity contribution in [1.29, 1.82) is 0 Å². The standard InChI is InChI=1S/C44H65ClN8O11S/c1-30-4-3-5-35(45)39(30)51-43(57)36-29-47-44(65-36)50-37-28-38(49-31(2)48-37)53-9-7-52(8-10-53)11-13-59-15-17-61-19-21-63-23-25-64-24-22-62-20-18-60-16-14-58-12-6-46-42(56)34-27-32-26-33(34)41(55)40(32)54/h3-5,28-29,32-34,40-41,54-55H,6-27H2,1-2H3,(H,46,56)(H,51,57)(H,47,48,49,50)/t32-,33+,34+,40+,41-/m1/s1. The van der Waals surface area contributed by atoms with Crippen LogP contribution in [0, 0.1) is 31.6 Å². The zero-order chi connectivity index (χ0) is 45.8. The number of carbonyl (C=O) groups excluding carboxylic acids is 2. The van der Waals surface area contributed by atoms with E-state index < -0.39 is 12.2 Å². The molecule has 0 unspecified atom stereocenters. The monoisotopic (exact) mass is 948 g/mol. The predicted octanol–water partition coefficient (Wildman–Crippen LogP) is 2.93. The summed E-state index contributed by atoms with van der Waals surface area (Å²) in [6.07, 6.45) is 1.40. The minimum Gasteiger partial charge on any atom is -0.390 e. The first-order valence-electron chi connectivity index (χ1n) is 22.5. The van der Waals surface area contributed by atoms with Gasteiger partial charge in [0.1, 0.15) is 22.3 Å². The number of benzene rings is 1. The van der Waals surface area contributed by atoms with Crippen LogP contribution in [0.25, 0.3) is 0 Å². The lowest BCUT2D eigenvalue weighted by atomic mass is 9.84. The second-order valence-electron chi connectivity index (χ2n) is 16.1. The highest BCUT2D eigenvalue weighted by molar-refractivity contribution is 7.17. The number of carbonyl (C=O) groups is 2. The molecule has 21 heteroatoms. The second kappa shape index (κ2) is 27.2. The SMILES string of the molecule is Cc1nc(Nc2ncc(C(=O)Nc3c(C)cccc3Cl)s2)cc(N2CCN(CCOCCOCCOCCOCCOCCOCCOCCNC(=O)[C@H]3C[C@H]4C[C@@H]3[C@@H](O)[C@H]4O)CC2)n1. The van der Waals surface area contributed by atoms with E-state index in [0.717, 1.165) is 44.1 Å². The van der Waals surface area contributed by atoms with Gasteiger partial charge in [-0.3, -0.25) is 14.5 Å². The number of aliphatic hydroxyl groups excluding tert-OH is 2. The van der Waals surface area contributed by atoms with Crippen LogP contribution < -0.4 is 20.9 Å². The predicted molar refractivity (Wildman–Crippen MR) is 245 cm³/mol. The molecule has 360 valence electrons. The average molecular weight is 950 g/mol. The third-order valence-corrected chi connectivity index (χ3v) is 12.8. The summed E-state index contributed by atoms with van der Waals surface area (Å²) in [6.45, 7) is 15.1. The highest BCUT2D eigenvalue weighted by atomic mass is 35.5. The molecule has 6 rings (SSSR count). The molecule has 5 N–H and O–H groups in total. The van der Waals surface area contributed by atoms with Gasteiger partial charge >= 0.3 is 0 Å². The van der Waals surface area contributed by atoms with Crippen molar-refractivity contribution in [2.45, 2.75) is 38.9 Å². The van der Waals surface area contributed by atoms with Gasteiger partial charge in [-0.1, -0.05) is 35.1 Å². The molecule has 1 aliphatic heterocycles. The molecule has 1 aromatic carbocycles. The van der Waals surface area contributed by atoms with Crippen molar-refractivity contribution in [3.05, 3.63) is 51.7 Å². The van der Waals surface area contributed by atoms with Crippen LogP contribution in [0.3, 0.4) is 0 Å². The molecule has 3 aromatic rings. The molecule has 65 heavy (non-hydrogen) atoms. The van der Waals surface area contributed by atoms with Gasteiger partial charge in [-0.2, -0.15) is 0 Å². The Kier molecular flexibility index (Phi) is 21.3. The van der Waals surface area contributed by atoms with Gasteiger partial charge in [0.15, 0.2) is 5.13 Å². The van der Waals surface area contributed by atoms with Gasteiger partial charge in [0.2, 0.25) is 5.91 Å². The summed E-state index contributed by atoms with van der Waals surface area (Å²) in [5.41, 5.74) is 1.47. The zero-order valence-corrected chi connectivity index (χ0v) is 39.0. The Balaban J connectivity index is 0.681. The van der Waals surface area contributed by atoms with Gasteiger partial charge in [-0.25, -0.2) is 15.0 Å². The Hall–Kier alpha value is -3.64. The number of amides is 2. The second-order valence-corrected chi connectivity index (χ2v) is 17.5. The van der Waals surface area contributed by atoms with Crippen LogP contribution in [0.2, 0.25) is 5.02 Å². The van der Waals surface area contributed by atoms with E-state index in [1.54, 1.807) is 6.07 Å². The molecule has 1 saturated heterocycles. The Morgan fingerprint density at radius 3 is 1.97 bits per heavy atom. The molecule has 0 spiro atoms. The minimum absolute atomic E-state index is 0.0269. The van der Waals surface area contributed by atoms with E-state index in [0.29, 0.717) is 144 Å². The third-order valence-electron chi connectivity index (χ3n) is 11.5. The van der Waals surface area contributed by atoms with E-state index in [2.05, 4.69) is 40.7 Å². The molecule has 5 atom stereocenters. The number of rotatable bonds is 30. The first-order chi connectivity index (χ1) is 31.7. The molecule has 0 radical (unpaired) electrons. The maximum absolute atomic E-state index is 12.9. The van der Waals surface area contributed by atoms with Gasteiger partial charge in [0, 0.05) is 51.3 Å². The number of nitrogens with one attached hydrogen (secondary N) is 3. The summed E-state index contributed by atoms with van der Waals surface area (Å²) in [4.78, 5) is 44.0. The van der Waals surface area contributed by atoms with E-state index in [4.69, 9.17) is 44.8 Å². The van der Waals surface area contributed by atoms with Crippen molar-refractivity contribution in [2.75, 3.05) is 147 Å². The fourth-order valence-electron chi connectivity index (χ4n) is 8.08. The molecule has 3 heterocycles. The van der Waals surface area contributed by atoms with Gasteiger partial charge in [0.05, 0.1) is 122 Å². The number of halogens is 1. The Labute approximate surface area is 389 Å². The normalized spacial score (nSPS) is 20.7. The van der Waals surface area contributed by atoms with E-state index in [9.17, 15) is 19.8 Å². The number of nitrogens with zero attached hydrogens (tertiary/aromatic N) is 5. The Morgan fingerprint density at radius 2 is 1.38 bits per heavy atom. The number of aryl methyl sites for hydroxylation is 2. The van der Waals surface area contributed by atoms with E-state index in [1.165, 1.54) is 17.5 Å². The summed E-state index contributed by atoms with van der Waals surface area (Å²) in [5.74, 6) is 1.40. The number of anilines is 4. The van der Waals surface area contributed by atoms with Crippen molar-refractivity contribution in [3.63, 3.8) is 0 Å². The maximum atomic E-state index is 12.9. The number of thiazole rings is 1. The lowest BCUT2D eigenvalue weighted by Gasteiger charge is -2.35. The maximum Gasteiger partial charge on any atom is 0.267 e. The topological polar surface area (TPSA) is 220 Å². The lowest BCUT2D eigenvalue weighted by molar-refractivity contribution is -0.130. The smallest absolute Gasteiger partial charge is 0.267 e. The molecule has 3 fully saturated rings. The van der Waals surface area contributed by atoms with Crippen LogP contribution in [0.1, 0.15) is 33.9 Å². The number of para-hydroxylation sites is 1. The molecule has 3 aliphatic rings. The number of aromatic nitrogens is 3. The molecule has 2 aromatic heterocycles. The summed E-state index contributed by atoms with van der Waals surface area (Å²) in [6, 6.07) is 7.39.